The molecule has 4 nitrogen and oxygen atoms in total. The predicted molar refractivity (Wildman–Crippen MR) is 110 cm³/mol. The van der Waals surface area contributed by atoms with E-state index in [2.05, 4.69) is 6.92 Å². The Balaban J connectivity index is 2.28. The number of hydrogen-bond acceptors (Lipinski definition) is 2. The van der Waals surface area contributed by atoms with Gasteiger partial charge >= 0.3 is 11.9 Å². The average Bonchev–Trinajstić information content (AvgIpc) is 2.63. The lowest BCUT2D eigenvalue weighted by Crippen LogP contribution is -2.51. The maximum atomic E-state index is 12.0. The van der Waals surface area contributed by atoms with E-state index in [-0.39, 0.29) is 0 Å². The molecular weight excluding hydrogens is 340 g/mol. The summed E-state index contributed by atoms with van der Waals surface area (Å²) in [6.07, 6.45) is 19.5. The lowest BCUT2D eigenvalue weighted by atomic mass is 9.56. The fourth-order valence-corrected chi connectivity index (χ4v) is 4.39. The van der Waals surface area contributed by atoms with Gasteiger partial charge in [0.05, 0.1) is 10.8 Å². The SMILES string of the molecule is CCCCCCCCCCCCCCC1(C(=O)O)CC=CCC1(C)C(=O)O. The van der Waals surface area contributed by atoms with Gasteiger partial charge in [0.15, 0.2) is 0 Å². The van der Waals surface area contributed by atoms with Crippen LogP contribution in [0.1, 0.15) is 110 Å². The van der Waals surface area contributed by atoms with Crippen molar-refractivity contribution in [3.8, 4) is 0 Å². The van der Waals surface area contributed by atoms with Crippen molar-refractivity contribution in [2.45, 2.75) is 110 Å². The summed E-state index contributed by atoms with van der Waals surface area (Å²) in [5.74, 6) is -1.95. The highest BCUT2D eigenvalue weighted by Gasteiger charge is 2.57. The monoisotopic (exact) mass is 380 g/mol. The number of unbranched alkanes of at least 4 members (excludes halogenated alkanes) is 11. The van der Waals surface area contributed by atoms with Crippen molar-refractivity contribution in [2.75, 3.05) is 0 Å². The van der Waals surface area contributed by atoms with Gasteiger partial charge in [-0.05, 0) is 26.2 Å². The molecule has 4 heteroatoms. The van der Waals surface area contributed by atoms with E-state index in [1.807, 2.05) is 12.2 Å². The van der Waals surface area contributed by atoms with Crippen LogP contribution < -0.4 is 0 Å². The lowest BCUT2D eigenvalue weighted by Gasteiger charge is -2.44. The molecule has 0 saturated carbocycles. The Labute approximate surface area is 165 Å². The first-order chi connectivity index (χ1) is 12.9. The van der Waals surface area contributed by atoms with E-state index in [4.69, 9.17) is 0 Å². The molecule has 0 bridgehead atoms. The highest BCUT2D eigenvalue weighted by molar-refractivity contribution is 5.87. The van der Waals surface area contributed by atoms with E-state index in [1.54, 1.807) is 6.92 Å². The van der Waals surface area contributed by atoms with E-state index in [1.165, 1.54) is 57.8 Å². The molecule has 1 rings (SSSR count). The normalized spacial score (nSPS) is 24.8. The van der Waals surface area contributed by atoms with Crippen LogP contribution in [0, 0.1) is 10.8 Å². The third-order valence-electron chi connectivity index (χ3n) is 6.55. The molecule has 0 aromatic heterocycles. The van der Waals surface area contributed by atoms with Crippen LogP contribution in [0.25, 0.3) is 0 Å². The summed E-state index contributed by atoms with van der Waals surface area (Å²) in [7, 11) is 0. The number of rotatable bonds is 15. The van der Waals surface area contributed by atoms with Crippen LogP contribution in [-0.4, -0.2) is 22.2 Å². The largest absolute Gasteiger partial charge is 0.481 e. The Hall–Kier alpha value is -1.32. The zero-order valence-electron chi connectivity index (χ0n) is 17.5. The van der Waals surface area contributed by atoms with Crippen molar-refractivity contribution in [2.24, 2.45) is 10.8 Å². The average molecular weight is 381 g/mol. The first-order valence-corrected chi connectivity index (χ1v) is 11.0. The molecule has 27 heavy (non-hydrogen) atoms. The van der Waals surface area contributed by atoms with Crippen molar-refractivity contribution < 1.29 is 19.8 Å². The Morgan fingerprint density at radius 1 is 0.741 bits per heavy atom. The van der Waals surface area contributed by atoms with Gasteiger partial charge in [-0.15, -0.1) is 0 Å². The maximum absolute atomic E-state index is 12.0. The lowest BCUT2D eigenvalue weighted by molar-refractivity contribution is -0.174. The second kappa shape index (κ2) is 12.2. The minimum Gasteiger partial charge on any atom is -0.481 e. The Morgan fingerprint density at radius 2 is 1.19 bits per heavy atom. The van der Waals surface area contributed by atoms with E-state index >= 15 is 0 Å². The molecule has 0 radical (unpaired) electrons. The van der Waals surface area contributed by atoms with E-state index < -0.39 is 22.8 Å². The highest BCUT2D eigenvalue weighted by atomic mass is 16.4. The number of carbonyl (C=O) groups is 2. The van der Waals surface area contributed by atoms with Crippen LogP contribution in [0.2, 0.25) is 0 Å². The fraction of sp³-hybridized carbons (Fsp3) is 0.826. The number of hydrogen-bond donors (Lipinski definition) is 2. The van der Waals surface area contributed by atoms with Gasteiger partial charge in [-0.3, -0.25) is 9.59 Å². The number of aliphatic carboxylic acids is 2. The Morgan fingerprint density at radius 3 is 1.63 bits per heavy atom. The molecular formula is C23H40O4. The first kappa shape index (κ1) is 23.7. The molecule has 0 saturated heterocycles. The summed E-state index contributed by atoms with van der Waals surface area (Å²) < 4.78 is 0. The molecule has 0 aromatic carbocycles. The van der Waals surface area contributed by atoms with E-state index in [0.717, 1.165) is 19.3 Å². The summed E-state index contributed by atoms with van der Waals surface area (Å²) in [6, 6.07) is 0. The smallest absolute Gasteiger partial charge is 0.311 e. The molecule has 1 aliphatic rings. The van der Waals surface area contributed by atoms with E-state index in [9.17, 15) is 19.8 Å². The van der Waals surface area contributed by atoms with Crippen LogP contribution in [0.3, 0.4) is 0 Å². The zero-order chi connectivity index (χ0) is 20.2. The number of carboxylic acid groups (broad SMARTS) is 2. The Bertz CT molecular complexity index is 485. The van der Waals surface area contributed by atoms with Gasteiger partial charge in [0.1, 0.15) is 0 Å². The molecule has 156 valence electrons. The van der Waals surface area contributed by atoms with Gasteiger partial charge in [-0.1, -0.05) is 96.1 Å². The Kier molecular flexibility index (Phi) is 10.7. The van der Waals surface area contributed by atoms with Crippen LogP contribution in [-0.2, 0) is 9.59 Å². The molecule has 2 N–H and O–H groups in total. The van der Waals surface area contributed by atoms with Gasteiger partial charge in [0.25, 0.3) is 0 Å². The van der Waals surface area contributed by atoms with Gasteiger partial charge < -0.3 is 10.2 Å². The summed E-state index contributed by atoms with van der Waals surface area (Å²) in [5, 5.41) is 19.5. The van der Waals surface area contributed by atoms with Gasteiger partial charge in [-0.2, -0.15) is 0 Å². The molecule has 2 atom stereocenters. The molecule has 2 unspecified atom stereocenters. The second-order valence-electron chi connectivity index (χ2n) is 8.54. The second-order valence-corrected chi connectivity index (χ2v) is 8.54. The van der Waals surface area contributed by atoms with Crippen molar-refractivity contribution in [3.63, 3.8) is 0 Å². The molecule has 0 heterocycles. The number of allylic oxidation sites excluding steroid dienone is 2. The molecule has 1 aliphatic carbocycles. The molecule has 0 aliphatic heterocycles. The van der Waals surface area contributed by atoms with E-state index in [0.29, 0.717) is 19.3 Å². The van der Waals surface area contributed by atoms with Crippen LogP contribution in [0.15, 0.2) is 12.2 Å². The van der Waals surface area contributed by atoms with Crippen LogP contribution >= 0.6 is 0 Å². The van der Waals surface area contributed by atoms with Gasteiger partial charge in [0, 0.05) is 0 Å². The molecule has 0 spiro atoms. The first-order valence-electron chi connectivity index (χ1n) is 11.0. The molecule has 0 amide bonds. The van der Waals surface area contributed by atoms with Gasteiger partial charge in [0.2, 0.25) is 0 Å². The third kappa shape index (κ3) is 6.65. The standard InChI is InChI=1S/C23H40O4/c1-3-4-5-6-7-8-9-10-11-12-13-14-18-23(21(26)27)19-16-15-17-22(23,2)20(24)25/h15-16H,3-14,17-19H2,1-2H3,(H,24,25)(H,26,27). The van der Waals surface area contributed by atoms with Crippen LogP contribution in [0.5, 0.6) is 0 Å². The minimum atomic E-state index is -1.22. The summed E-state index contributed by atoms with van der Waals surface area (Å²) in [4.78, 5) is 23.8. The third-order valence-corrected chi connectivity index (χ3v) is 6.55. The van der Waals surface area contributed by atoms with Crippen molar-refractivity contribution in [1.82, 2.24) is 0 Å². The summed E-state index contributed by atoms with van der Waals surface area (Å²) in [5.41, 5.74) is -2.39. The molecule has 0 fully saturated rings. The minimum absolute atomic E-state index is 0.299. The summed E-state index contributed by atoms with van der Waals surface area (Å²) >= 11 is 0. The predicted octanol–water partition coefficient (Wildman–Crippen LogP) is 6.59. The highest BCUT2D eigenvalue weighted by Crippen LogP contribution is 2.52. The topological polar surface area (TPSA) is 74.6 Å². The molecule has 0 aromatic rings. The quantitative estimate of drug-likeness (QED) is 0.248. The fourth-order valence-electron chi connectivity index (χ4n) is 4.39. The van der Waals surface area contributed by atoms with Crippen molar-refractivity contribution in [1.29, 1.82) is 0 Å². The number of carboxylic acids is 2. The summed E-state index contributed by atoms with van der Waals surface area (Å²) in [6.45, 7) is 3.85. The van der Waals surface area contributed by atoms with Crippen molar-refractivity contribution >= 4 is 11.9 Å². The van der Waals surface area contributed by atoms with Crippen LogP contribution in [0.4, 0.5) is 0 Å². The van der Waals surface area contributed by atoms with Gasteiger partial charge in [-0.25, -0.2) is 0 Å². The maximum Gasteiger partial charge on any atom is 0.311 e. The van der Waals surface area contributed by atoms with Crippen molar-refractivity contribution in [3.05, 3.63) is 12.2 Å². The zero-order valence-corrected chi connectivity index (χ0v) is 17.5.